The van der Waals surface area contributed by atoms with E-state index in [9.17, 15) is 23.5 Å². The molecular formula is C17H8ClF2N3O4. The maximum Gasteiger partial charge on any atom is 0.341 e. The number of halogens is 3. The van der Waals surface area contributed by atoms with Gasteiger partial charge in [0.2, 0.25) is 11.2 Å². The first kappa shape index (κ1) is 17.0. The highest BCUT2D eigenvalue weighted by Gasteiger charge is 2.27. The van der Waals surface area contributed by atoms with Gasteiger partial charge in [-0.3, -0.25) is 4.79 Å². The minimum absolute atomic E-state index is 0.00249. The molecule has 0 aliphatic carbocycles. The first-order valence-corrected chi connectivity index (χ1v) is 7.77. The van der Waals surface area contributed by atoms with E-state index in [1.165, 1.54) is 23.0 Å². The van der Waals surface area contributed by atoms with Crippen LogP contribution in [-0.4, -0.2) is 20.6 Å². The Bertz CT molecular complexity index is 1250. The highest BCUT2D eigenvalue weighted by Crippen LogP contribution is 2.37. The van der Waals surface area contributed by atoms with Crippen LogP contribution in [0.2, 0.25) is 5.02 Å². The molecule has 4 rings (SSSR count). The summed E-state index contributed by atoms with van der Waals surface area (Å²) in [5.74, 6) is -4.66. The van der Waals surface area contributed by atoms with E-state index >= 15 is 0 Å². The van der Waals surface area contributed by atoms with Crippen molar-refractivity contribution in [2.45, 2.75) is 0 Å². The van der Waals surface area contributed by atoms with Crippen molar-refractivity contribution in [1.82, 2.24) is 9.55 Å². The van der Waals surface area contributed by atoms with Crippen molar-refractivity contribution in [2.24, 2.45) is 0 Å². The van der Waals surface area contributed by atoms with Gasteiger partial charge in [0, 0.05) is 18.0 Å². The van der Waals surface area contributed by atoms with Crippen molar-refractivity contribution >= 4 is 46.3 Å². The third kappa shape index (κ3) is 2.51. The van der Waals surface area contributed by atoms with Crippen LogP contribution in [0.5, 0.6) is 5.75 Å². The summed E-state index contributed by atoms with van der Waals surface area (Å²) in [7, 11) is 0. The second-order valence-electron chi connectivity index (χ2n) is 5.67. The number of carbonyl (C=O) groups is 1. The van der Waals surface area contributed by atoms with Gasteiger partial charge >= 0.3 is 5.97 Å². The molecule has 10 heteroatoms. The highest BCUT2D eigenvalue weighted by molar-refractivity contribution is 6.32. The van der Waals surface area contributed by atoms with E-state index < -0.39 is 34.3 Å². The zero-order chi connectivity index (χ0) is 19.5. The quantitative estimate of drug-likeness (QED) is 0.695. The average molecular weight is 392 g/mol. The zero-order valence-electron chi connectivity index (χ0n) is 13.2. The zero-order valence-corrected chi connectivity index (χ0v) is 13.9. The lowest BCUT2D eigenvalue weighted by Crippen LogP contribution is -2.20. The number of benzene rings is 1. The Kier molecular flexibility index (Phi) is 3.63. The van der Waals surface area contributed by atoms with Crippen LogP contribution in [0.15, 0.2) is 29.3 Å². The Hall–Kier alpha value is -3.46. The Labute approximate surface area is 153 Å². The van der Waals surface area contributed by atoms with Crippen LogP contribution < -0.4 is 15.9 Å². The molecule has 0 unspecified atom stereocenters. The molecule has 3 heterocycles. The molecule has 1 aromatic carbocycles. The lowest BCUT2D eigenvalue weighted by molar-refractivity contribution is 0.0695. The number of pyridine rings is 2. The van der Waals surface area contributed by atoms with Crippen molar-refractivity contribution in [3.8, 4) is 5.75 Å². The molecule has 1 aliphatic heterocycles. The van der Waals surface area contributed by atoms with Crippen LogP contribution in [0, 0.1) is 11.6 Å². The number of hydrogen-bond acceptors (Lipinski definition) is 5. The van der Waals surface area contributed by atoms with Crippen LogP contribution in [0.4, 0.5) is 14.6 Å². The number of carboxylic acids is 1. The van der Waals surface area contributed by atoms with E-state index in [-0.39, 0.29) is 33.1 Å². The fourth-order valence-corrected chi connectivity index (χ4v) is 2.92. The second-order valence-corrected chi connectivity index (χ2v) is 6.08. The second kappa shape index (κ2) is 5.78. The Morgan fingerprint density at radius 3 is 2.74 bits per heavy atom. The minimum Gasteiger partial charge on any atom is -0.477 e. The maximum absolute atomic E-state index is 14.3. The van der Waals surface area contributed by atoms with E-state index in [1.54, 1.807) is 0 Å². The highest BCUT2D eigenvalue weighted by atomic mass is 35.5. The first-order valence-electron chi connectivity index (χ1n) is 7.39. The lowest BCUT2D eigenvalue weighted by atomic mass is 10.1. The summed E-state index contributed by atoms with van der Waals surface area (Å²) in [6.45, 7) is 0. The van der Waals surface area contributed by atoms with Crippen LogP contribution in [-0.2, 0) is 0 Å². The molecule has 2 aromatic heterocycles. The van der Waals surface area contributed by atoms with Crippen LogP contribution in [0.1, 0.15) is 15.9 Å². The minimum atomic E-state index is -1.50. The molecule has 0 atom stereocenters. The molecule has 0 saturated heterocycles. The summed E-state index contributed by atoms with van der Waals surface area (Å²) in [4.78, 5) is 27.5. The van der Waals surface area contributed by atoms with Gasteiger partial charge < -0.3 is 20.1 Å². The molecule has 7 nitrogen and oxygen atoms in total. The van der Waals surface area contributed by atoms with Crippen molar-refractivity contribution < 1.29 is 23.4 Å². The number of hydrogen-bond donors (Lipinski definition) is 2. The molecule has 0 amide bonds. The van der Waals surface area contributed by atoms with Crippen molar-refractivity contribution in [2.75, 3.05) is 5.73 Å². The summed E-state index contributed by atoms with van der Waals surface area (Å²) in [5.41, 5.74) is 4.18. The fourth-order valence-electron chi connectivity index (χ4n) is 2.76. The number of rotatable bonds is 2. The van der Waals surface area contributed by atoms with Gasteiger partial charge in [-0.1, -0.05) is 11.6 Å². The number of aromatic carboxylic acids is 1. The normalized spacial score (nSPS) is 12.6. The van der Waals surface area contributed by atoms with Crippen LogP contribution >= 0.6 is 11.6 Å². The molecule has 0 fully saturated rings. The number of nitrogens with two attached hydrogens (primary N) is 1. The van der Waals surface area contributed by atoms with Gasteiger partial charge in [0.05, 0.1) is 16.6 Å². The molecule has 0 saturated carbocycles. The number of nitrogens with zero attached hydrogens (tertiary/aromatic N) is 2. The largest absolute Gasteiger partial charge is 0.477 e. The predicted octanol–water partition coefficient (Wildman–Crippen LogP) is 2.96. The molecule has 3 aromatic rings. The van der Waals surface area contributed by atoms with Gasteiger partial charge in [0.25, 0.3) is 0 Å². The number of ether oxygens (including phenoxy) is 1. The summed E-state index contributed by atoms with van der Waals surface area (Å²) < 4.78 is 35.0. The van der Waals surface area contributed by atoms with E-state index in [0.29, 0.717) is 6.07 Å². The molecule has 0 bridgehead atoms. The summed E-state index contributed by atoms with van der Waals surface area (Å²) in [6, 6.07) is 2.04. The Morgan fingerprint density at radius 1 is 1.33 bits per heavy atom. The summed E-state index contributed by atoms with van der Waals surface area (Å²) in [6.07, 6.45) is 3.61. The molecule has 136 valence electrons. The predicted molar refractivity (Wildman–Crippen MR) is 93.5 cm³/mol. The monoisotopic (exact) mass is 391 g/mol. The number of aromatic nitrogens is 2. The van der Waals surface area contributed by atoms with Gasteiger partial charge in [-0.2, -0.15) is 4.39 Å². The summed E-state index contributed by atoms with van der Waals surface area (Å²) in [5, 5.41) is 9.02. The Balaban J connectivity index is 2.07. The number of carboxylic acid groups (broad SMARTS) is 1. The van der Waals surface area contributed by atoms with Crippen molar-refractivity contribution in [3.05, 3.63) is 62.5 Å². The Morgan fingerprint density at radius 2 is 2.07 bits per heavy atom. The van der Waals surface area contributed by atoms with E-state index in [0.717, 1.165) is 6.20 Å². The van der Waals surface area contributed by atoms with Gasteiger partial charge in [-0.25, -0.2) is 14.2 Å². The van der Waals surface area contributed by atoms with Gasteiger partial charge in [0.1, 0.15) is 16.9 Å². The van der Waals surface area contributed by atoms with Crippen LogP contribution in [0.3, 0.4) is 0 Å². The topological polar surface area (TPSA) is 107 Å². The van der Waals surface area contributed by atoms with Crippen LogP contribution in [0.25, 0.3) is 22.9 Å². The lowest BCUT2D eigenvalue weighted by Gasteiger charge is -2.21. The molecule has 0 spiro atoms. The SMILES string of the molecule is Nc1ncc(C2=Cn3cc(C(=O)O)c(=O)c4cc(F)c(F)c(c43)O2)cc1Cl. The smallest absolute Gasteiger partial charge is 0.341 e. The van der Waals surface area contributed by atoms with E-state index in [4.69, 9.17) is 22.1 Å². The molecule has 0 radical (unpaired) electrons. The molecular weight excluding hydrogens is 384 g/mol. The molecule has 3 N–H and O–H groups in total. The van der Waals surface area contributed by atoms with E-state index in [2.05, 4.69) is 4.98 Å². The molecule has 1 aliphatic rings. The maximum atomic E-state index is 14.3. The third-order valence-corrected chi connectivity index (χ3v) is 4.32. The van der Waals surface area contributed by atoms with E-state index in [1.807, 2.05) is 0 Å². The fraction of sp³-hybridized carbons (Fsp3) is 0. The van der Waals surface area contributed by atoms with Gasteiger partial charge in [-0.15, -0.1) is 0 Å². The standard InChI is InChI=1S/C17H8ClF2N3O4/c18-9-1-6(3-22-16(9)21)11-5-23-4-8(17(25)26)14(24)7-2-10(19)12(20)15(27-11)13(7)23/h1-5H,(H2,21,22)(H,25,26). The van der Waals surface area contributed by atoms with Crippen molar-refractivity contribution in [1.29, 1.82) is 0 Å². The summed E-state index contributed by atoms with van der Waals surface area (Å²) >= 11 is 5.93. The van der Waals surface area contributed by atoms with Gasteiger partial charge in [0.15, 0.2) is 17.3 Å². The van der Waals surface area contributed by atoms with Gasteiger partial charge in [-0.05, 0) is 12.1 Å². The number of nitrogen functional groups attached to an aromatic ring is 1. The van der Waals surface area contributed by atoms with Crippen molar-refractivity contribution in [3.63, 3.8) is 0 Å². The first-order chi connectivity index (χ1) is 12.8. The molecule has 27 heavy (non-hydrogen) atoms. The average Bonchev–Trinajstić information content (AvgIpc) is 2.63. The number of anilines is 1. The third-order valence-electron chi connectivity index (χ3n) is 4.02.